The number of hydrogen-bond acceptors (Lipinski definition) is 3. The molecule has 124 valence electrons. The van der Waals surface area contributed by atoms with E-state index in [1.807, 2.05) is 6.07 Å². The van der Waals surface area contributed by atoms with E-state index in [0.29, 0.717) is 21.7 Å². The first-order valence-corrected chi connectivity index (χ1v) is 7.23. The molecule has 0 unspecified atom stereocenters. The molecule has 24 heavy (non-hydrogen) atoms. The number of benzodiazepines with no additional fused rings is 1. The third kappa shape index (κ3) is 3.16. The van der Waals surface area contributed by atoms with E-state index in [-0.39, 0.29) is 5.69 Å². The number of anilines is 1. The van der Waals surface area contributed by atoms with Crippen LogP contribution in [0.4, 0.5) is 18.9 Å². The zero-order valence-corrected chi connectivity index (χ0v) is 12.5. The van der Waals surface area contributed by atoms with Crippen LogP contribution in [0.5, 0.6) is 0 Å². The summed E-state index contributed by atoms with van der Waals surface area (Å²) in [6, 6.07) is 15.3. The maximum absolute atomic E-state index is 12.9. The molecule has 7 heteroatoms. The highest BCUT2D eigenvalue weighted by Gasteiger charge is 2.38. The Morgan fingerprint density at radius 3 is 2.33 bits per heavy atom. The van der Waals surface area contributed by atoms with E-state index in [9.17, 15) is 18.0 Å². The minimum atomic E-state index is -4.54. The minimum Gasteiger partial charge on any atom is -0.302 e. The van der Waals surface area contributed by atoms with Crippen LogP contribution in [-0.2, 0) is 4.79 Å². The van der Waals surface area contributed by atoms with E-state index in [1.54, 1.807) is 42.5 Å². The summed E-state index contributed by atoms with van der Waals surface area (Å²) in [7, 11) is 0. The van der Waals surface area contributed by atoms with Crippen molar-refractivity contribution in [2.75, 3.05) is 11.4 Å². The van der Waals surface area contributed by atoms with Gasteiger partial charge < -0.3 is 5.73 Å². The van der Waals surface area contributed by atoms with Crippen molar-refractivity contribution in [2.24, 2.45) is 10.7 Å². The number of amides is 1. The van der Waals surface area contributed by atoms with Crippen LogP contribution in [0.15, 0.2) is 59.6 Å². The third-order valence-electron chi connectivity index (χ3n) is 3.62. The van der Waals surface area contributed by atoms with Gasteiger partial charge in [0.05, 0.1) is 11.4 Å². The molecule has 1 aliphatic heterocycles. The molecule has 0 saturated carbocycles. The molecule has 4 nitrogen and oxygen atoms in total. The molecule has 0 saturated heterocycles. The second kappa shape index (κ2) is 6.09. The van der Waals surface area contributed by atoms with Gasteiger partial charge in [-0.15, -0.1) is 0 Å². The van der Waals surface area contributed by atoms with Crippen LogP contribution in [0, 0.1) is 0 Å². The van der Waals surface area contributed by atoms with Gasteiger partial charge >= 0.3 is 6.18 Å². The Kier molecular flexibility index (Phi) is 4.11. The monoisotopic (exact) mass is 333 g/mol. The minimum absolute atomic E-state index is 0.148. The van der Waals surface area contributed by atoms with E-state index in [1.165, 1.54) is 6.07 Å². The number of alkyl halides is 3. The van der Waals surface area contributed by atoms with Crippen molar-refractivity contribution in [3.05, 3.63) is 65.7 Å². The van der Waals surface area contributed by atoms with Gasteiger partial charge in [-0.3, -0.25) is 14.7 Å². The number of carbonyl (C=O) groups excluding carboxylic acids is 1. The van der Waals surface area contributed by atoms with Crippen molar-refractivity contribution in [1.82, 2.24) is 0 Å². The molecular weight excluding hydrogens is 319 g/mol. The fourth-order valence-corrected chi connectivity index (χ4v) is 2.62. The average Bonchev–Trinajstić information content (AvgIpc) is 2.65. The highest BCUT2D eigenvalue weighted by Crippen LogP contribution is 2.30. The quantitative estimate of drug-likeness (QED) is 0.919. The van der Waals surface area contributed by atoms with Crippen molar-refractivity contribution >= 4 is 17.3 Å². The number of hydrogen-bond donors (Lipinski definition) is 1. The van der Waals surface area contributed by atoms with Gasteiger partial charge in [-0.2, -0.15) is 13.2 Å². The van der Waals surface area contributed by atoms with E-state index in [2.05, 4.69) is 4.99 Å². The van der Waals surface area contributed by atoms with E-state index < -0.39 is 24.8 Å². The predicted molar refractivity (Wildman–Crippen MR) is 84.9 cm³/mol. The molecule has 2 aromatic rings. The Balaban J connectivity index is 2.17. The summed E-state index contributed by atoms with van der Waals surface area (Å²) in [6.45, 7) is -1.41. The SMILES string of the molecule is N[C@H]1N=C(c2ccccc2)c2ccccc2N(CC(F)(F)F)C1=O. The summed E-state index contributed by atoms with van der Waals surface area (Å²) < 4.78 is 38.7. The first kappa shape index (κ1) is 16.2. The van der Waals surface area contributed by atoms with Crippen LogP contribution >= 0.6 is 0 Å². The van der Waals surface area contributed by atoms with Gasteiger partial charge in [0.15, 0.2) is 6.17 Å². The lowest BCUT2D eigenvalue weighted by Gasteiger charge is -2.25. The van der Waals surface area contributed by atoms with Crippen molar-refractivity contribution in [3.8, 4) is 0 Å². The first-order chi connectivity index (χ1) is 11.4. The first-order valence-electron chi connectivity index (χ1n) is 7.23. The lowest BCUT2D eigenvalue weighted by molar-refractivity contribution is -0.133. The summed E-state index contributed by atoms with van der Waals surface area (Å²) >= 11 is 0. The highest BCUT2D eigenvalue weighted by molar-refractivity contribution is 6.20. The number of fused-ring (bicyclic) bond motifs is 1. The number of nitrogens with zero attached hydrogens (tertiary/aromatic N) is 2. The Hall–Kier alpha value is -2.67. The van der Waals surface area contributed by atoms with Crippen molar-refractivity contribution in [3.63, 3.8) is 0 Å². The number of carbonyl (C=O) groups is 1. The Morgan fingerprint density at radius 2 is 1.67 bits per heavy atom. The second-order valence-corrected chi connectivity index (χ2v) is 5.35. The largest absolute Gasteiger partial charge is 0.406 e. The number of halogens is 3. The molecule has 2 aromatic carbocycles. The lowest BCUT2D eigenvalue weighted by Crippen LogP contribution is -2.46. The summed E-state index contributed by atoms with van der Waals surface area (Å²) in [5, 5.41) is 0. The Bertz CT molecular complexity index is 787. The van der Waals surface area contributed by atoms with E-state index in [4.69, 9.17) is 5.73 Å². The Labute approximate surface area is 136 Å². The van der Waals surface area contributed by atoms with Gasteiger partial charge in [-0.25, -0.2) is 0 Å². The number of aliphatic imine (C=N–C) groups is 1. The summed E-state index contributed by atoms with van der Waals surface area (Å²) in [4.78, 5) is 17.2. The highest BCUT2D eigenvalue weighted by atomic mass is 19.4. The molecule has 0 radical (unpaired) electrons. The third-order valence-corrected chi connectivity index (χ3v) is 3.62. The predicted octanol–water partition coefficient (Wildman–Crippen LogP) is 2.72. The van der Waals surface area contributed by atoms with Crippen molar-refractivity contribution in [1.29, 1.82) is 0 Å². The normalized spacial score (nSPS) is 18.0. The molecule has 1 amide bonds. The Morgan fingerprint density at radius 1 is 1.04 bits per heavy atom. The number of benzene rings is 2. The molecule has 2 N–H and O–H groups in total. The zero-order valence-electron chi connectivity index (χ0n) is 12.5. The van der Waals surface area contributed by atoms with Gasteiger partial charge in [0.2, 0.25) is 0 Å². The molecule has 0 aromatic heterocycles. The maximum Gasteiger partial charge on any atom is 0.406 e. The van der Waals surface area contributed by atoms with Gasteiger partial charge in [0.1, 0.15) is 6.54 Å². The second-order valence-electron chi connectivity index (χ2n) is 5.35. The van der Waals surface area contributed by atoms with Crippen LogP contribution in [0.3, 0.4) is 0 Å². The topological polar surface area (TPSA) is 58.7 Å². The summed E-state index contributed by atoms with van der Waals surface area (Å²) in [5.74, 6) is -0.884. The molecule has 0 fully saturated rings. The van der Waals surface area contributed by atoms with E-state index >= 15 is 0 Å². The van der Waals surface area contributed by atoms with Crippen LogP contribution in [0.1, 0.15) is 11.1 Å². The molecule has 0 bridgehead atoms. The van der Waals surface area contributed by atoms with Gasteiger partial charge in [-0.05, 0) is 6.07 Å². The van der Waals surface area contributed by atoms with Gasteiger partial charge in [0.25, 0.3) is 5.91 Å². The number of para-hydroxylation sites is 1. The molecule has 0 spiro atoms. The van der Waals surface area contributed by atoms with Crippen molar-refractivity contribution in [2.45, 2.75) is 12.3 Å². The van der Waals surface area contributed by atoms with E-state index in [0.717, 1.165) is 0 Å². The summed E-state index contributed by atoms with van der Waals surface area (Å²) in [6.07, 6.45) is -5.94. The molecular formula is C17H14F3N3O. The van der Waals surface area contributed by atoms with Crippen LogP contribution in [0.25, 0.3) is 0 Å². The molecule has 0 aliphatic carbocycles. The lowest BCUT2D eigenvalue weighted by atomic mass is 10.0. The number of rotatable bonds is 2. The summed E-state index contributed by atoms with van der Waals surface area (Å²) in [5.41, 5.74) is 7.42. The molecule has 1 atom stereocenters. The zero-order chi connectivity index (χ0) is 17.3. The smallest absolute Gasteiger partial charge is 0.302 e. The average molecular weight is 333 g/mol. The molecule has 1 heterocycles. The van der Waals surface area contributed by atoms with Gasteiger partial charge in [-0.1, -0.05) is 48.5 Å². The number of nitrogens with two attached hydrogens (primary N) is 1. The van der Waals surface area contributed by atoms with Gasteiger partial charge in [0, 0.05) is 11.1 Å². The molecule has 3 rings (SSSR count). The fraction of sp³-hybridized carbons (Fsp3) is 0.176. The van der Waals surface area contributed by atoms with Crippen LogP contribution in [-0.4, -0.2) is 30.5 Å². The molecule has 1 aliphatic rings. The van der Waals surface area contributed by atoms with Crippen LogP contribution < -0.4 is 10.6 Å². The van der Waals surface area contributed by atoms with Crippen LogP contribution in [0.2, 0.25) is 0 Å². The maximum atomic E-state index is 12.9. The van der Waals surface area contributed by atoms with Crippen molar-refractivity contribution < 1.29 is 18.0 Å². The standard InChI is InChI=1S/C17H14F3N3O/c18-17(19,20)10-23-13-9-5-4-8-12(13)14(22-15(21)16(23)24)11-6-2-1-3-7-11/h1-9,15H,10,21H2/t15-/m0/s1. The fourth-order valence-electron chi connectivity index (χ4n) is 2.62.